The van der Waals surface area contributed by atoms with E-state index in [1.54, 1.807) is 11.3 Å². The number of benzene rings is 1. The van der Waals surface area contributed by atoms with Crippen molar-refractivity contribution in [3.05, 3.63) is 45.4 Å². The molecule has 3 rings (SSSR count). The number of nitrogens with zero attached hydrogens (tertiary/aromatic N) is 1. The van der Waals surface area contributed by atoms with E-state index in [0.717, 1.165) is 30.3 Å². The maximum atomic E-state index is 5.97. The van der Waals surface area contributed by atoms with Gasteiger partial charge in [-0.1, -0.05) is 11.6 Å². The molecule has 0 aliphatic carbocycles. The molecule has 1 aliphatic rings. The third kappa shape index (κ3) is 2.66. The molecule has 1 aromatic carbocycles. The molecule has 2 aromatic rings. The summed E-state index contributed by atoms with van der Waals surface area (Å²) in [6, 6.07) is 5.80. The first-order valence-electron chi connectivity index (χ1n) is 5.84. The second-order valence-corrected chi connectivity index (χ2v) is 5.70. The fourth-order valence-corrected chi connectivity index (χ4v) is 2.85. The van der Waals surface area contributed by atoms with Gasteiger partial charge in [0.05, 0.1) is 5.51 Å². The monoisotopic (exact) mass is 280 g/mol. The molecule has 5 heteroatoms. The third-order valence-corrected chi connectivity index (χ3v) is 3.93. The number of ether oxygens (including phenoxy) is 1. The highest BCUT2D eigenvalue weighted by atomic mass is 35.5. The van der Waals surface area contributed by atoms with Crippen LogP contribution in [0.5, 0.6) is 5.75 Å². The standard InChI is InChI=1S/C13H13ClN2OS/c14-10-1-2-13-9(3-10)4-11(17-13)5-15-6-12-7-16-8-18-12/h1-3,7-8,11,15H,4-6H2. The molecule has 3 nitrogen and oxygen atoms in total. The van der Waals surface area contributed by atoms with Gasteiger partial charge in [0.25, 0.3) is 0 Å². The zero-order valence-corrected chi connectivity index (χ0v) is 11.3. The summed E-state index contributed by atoms with van der Waals surface area (Å²) in [6.45, 7) is 1.69. The predicted molar refractivity (Wildman–Crippen MR) is 73.4 cm³/mol. The van der Waals surface area contributed by atoms with Crippen molar-refractivity contribution in [1.82, 2.24) is 10.3 Å². The number of thiazole rings is 1. The van der Waals surface area contributed by atoms with E-state index in [0.29, 0.717) is 0 Å². The first-order valence-corrected chi connectivity index (χ1v) is 7.10. The highest BCUT2D eigenvalue weighted by Crippen LogP contribution is 2.30. The number of aromatic nitrogens is 1. The molecule has 0 radical (unpaired) electrons. The van der Waals surface area contributed by atoms with Crippen molar-refractivity contribution in [3.63, 3.8) is 0 Å². The van der Waals surface area contributed by atoms with Crippen LogP contribution in [0.2, 0.25) is 5.02 Å². The Morgan fingerprint density at radius 2 is 2.44 bits per heavy atom. The van der Waals surface area contributed by atoms with E-state index in [4.69, 9.17) is 16.3 Å². The van der Waals surface area contributed by atoms with Crippen LogP contribution >= 0.6 is 22.9 Å². The Kier molecular flexibility index (Phi) is 3.50. The molecule has 1 N–H and O–H groups in total. The molecule has 1 atom stereocenters. The number of nitrogens with one attached hydrogen (secondary N) is 1. The summed E-state index contributed by atoms with van der Waals surface area (Å²) < 4.78 is 5.85. The fourth-order valence-electron chi connectivity index (χ4n) is 2.09. The van der Waals surface area contributed by atoms with Crippen LogP contribution in [0.1, 0.15) is 10.4 Å². The number of fused-ring (bicyclic) bond motifs is 1. The Morgan fingerprint density at radius 3 is 3.28 bits per heavy atom. The average Bonchev–Trinajstić information content (AvgIpc) is 2.97. The van der Waals surface area contributed by atoms with Crippen molar-refractivity contribution in [1.29, 1.82) is 0 Å². The van der Waals surface area contributed by atoms with Gasteiger partial charge in [-0.05, 0) is 23.8 Å². The fraction of sp³-hybridized carbons (Fsp3) is 0.308. The van der Waals surface area contributed by atoms with E-state index in [1.165, 1.54) is 10.4 Å². The van der Waals surface area contributed by atoms with Crippen molar-refractivity contribution >= 4 is 22.9 Å². The van der Waals surface area contributed by atoms with Crippen LogP contribution in [0.25, 0.3) is 0 Å². The van der Waals surface area contributed by atoms with Gasteiger partial charge in [0.1, 0.15) is 11.9 Å². The van der Waals surface area contributed by atoms with Gasteiger partial charge >= 0.3 is 0 Å². The number of rotatable bonds is 4. The van der Waals surface area contributed by atoms with Gasteiger partial charge in [0.2, 0.25) is 0 Å². The highest BCUT2D eigenvalue weighted by Gasteiger charge is 2.22. The number of halogens is 1. The molecule has 94 valence electrons. The highest BCUT2D eigenvalue weighted by molar-refractivity contribution is 7.09. The lowest BCUT2D eigenvalue weighted by atomic mass is 10.1. The summed E-state index contributed by atoms with van der Waals surface area (Å²) >= 11 is 7.63. The van der Waals surface area contributed by atoms with E-state index in [9.17, 15) is 0 Å². The van der Waals surface area contributed by atoms with Gasteiger partial charge < -0.3 is 10.1 Å². The topological polar surface area (TPSA) is 34.2 Å². The number of hydrogen-bond donors (Lipinski definition) is 1. The second kappa shape index (κ2) is 5.26. The van der Waals surface area contributed by atoms with Crippen molar-refractivity contribution in [3.8, 4) is 5.75 Å². The van der Waals surface area contributed by atoms with Gasteiger partial charge in [-0.2, -0.15) is 0 Å². The smallest absolute Gasteiger partial charge is 0.123 e. The van der Waals surface area contributed by atoms with Crippen LogP contribution in [0.4, 0.5) is 0 Å². The first kappa shape index (κ1) is 12.0. The summed E-state index contributed by atoms with van der Waals surface area (Å²) in [7, 11) is 0. The molecule has 0 bridgehead atoms. The SMILES string of the molecule is Clc1ccc2c(c1)CC(CNCc1cncs1)O2. The summed E-state index contributed by atoms with van der Waals surface area (Å²) in [5, 5.41) is 4.17. The predicted octanol–water partition coefficient (Wildman–Crippen LogP) is 2.89. The van der Waals surface area contributed by atoms with Crippen molar-refractivity contribution in [2.45, 2.75) is 19.1 Å². The molecular weight excluding hydrogens is 268 g/mol. The Hall–Kier alpha value is -1.10. The largest absolute Gasteiger partial charge is 0.488 e. The van der Waals surface area contributed by atoms with E-state index >= 15 is 0 Å². The normalized spacial score (nSPS) is 17.5. The lowest BCUT2D eigenvalue weighted by Crippen LogP contribution is -2.29. The Bertz CT molecular complexity index is 530. The third-order valence-electron chi connectivity index (χ3n) is 2.92. The summed E-state index contributed by atoms with van der Waals surface area (Å²) in [4.78, 5) is 5.29. The Morgan fingerprint density at radius 1 is 1.50 bits per heavy atom. The van der Waals surface area contributed by atoms with Crippen LogP contribution in [0, 0.1) is 0 Å². The van der Waals surface area contributed by atoms with Gasteiger partial charge in [-0.3, -0.25) is 4.98 Å². The molecule has 0 amide bonds. The minimum atomic E-state index is 0.200. The van der Waals surface area contributed by atoms with Crippen LogP contribution < -0.4 is 10.1 Å². The lowest BCUT2D eigenvalue weighted by Gasteiger charge is -2.10. The first-order chi connectivity index (χ1) is 8.81. The zero-order chi connectivity index (χ0) is 12.4. The van der Waals surface area contributed by atoms with E-state index in [-0.39, 0.29) is 6.10 Å². The van der Waals surface area contributed by atoms with Gasteiger partial charge in [0, 0.05) is 35.6 Å². The van der Waals surface area contributed by atoms with Gasteiger partial charge in [0.15, 0.2) is 0 Å². The van der Waals surface area contributed by atoms with Crippen LogP contribution in [0.3, 0.4) is 0 Å². The second-order valence-electron chi connectivity index (χ2n) is 4.29. The molecule has 1 aromatic heterocycles. The Balaban J connectivity index is 1.52. The average molecular weight is 281 g/mol. The van der Waals surface area contributed by atoms with E-state index in [1.807, 2.05) is 29.9 Å². The summed E-state index contributed by atoms with van der Waals surface area (Å²) in [5.41, 5.74) is 3.05. The van der Waals surface area contributed by atoms with Gasteiger partial charge in [-0.25, -0.2) is 0 Å². The van der Waals surface area contributed by atoms with Crippen LogP contribution in [-0.4, -0.2) is 17.6 Å². The van der Waals surface area contributed by atoms with Crippen LogP contribution in [0.15, 0.2) is 29.9 Å². The van der Waals surface area contributed by atoms with Crippen molar-refractivity contribution in [2.75, 3.05) is 6.54 Å². The maximum Gasteiger partial charge on any atom is 0.123 e. The van der Waals surface area contributed by atoms with E-state index < -0.39 is 0 Å². The maximum absolute atomic E-state index is 5.97. The molecule has 1 unspecified atom stereocenters. The molecule has 18 heavy (non-hydrogen) atoms. The summed E-state index contributed by atoms with van der Waals surface area (Å²) in [5.74, 6) is 0.962. The van der Waals surface area contributed by atoms with Crippen LogP contribution in [-0.2, 0) is 13.0 Å². The zero-order valence-electron chi connectivity index (χ0n) is 9.73. The molecule has 0 fully saturated rings. The van der Waals surface area contributed by atoms with E-state index in [2.05, 4.69) is 10.3 Å². The number of hydrogen-bond acceptors (Lipinski definition) is 4. The lowest BCUT2D eigenvalue weighted by molar-refractivity contribution is 0.227. The molecule has 0 saturated heterocycles. The van der Waals surface area contributed by atoms with Gasteiger partial charge in [-0.15, -0.1) is 11.3 Å². The van der Waals surface area contributed by atoms with Crippen molar-refractivity contribution < 1.29 is 4.74 Å². The molecule has 1 aliphatic heterocycles. The molecular formula is C13H13ClN2OS. The summed E-state index contributed by atoms with van der Waals surface area (Å²) in [6.07, 6.45) is 3.01. The molecule has 2 heterocycles. The molecule has 0 saturated carbocycles. The minimum absolute atomic E-state index is 0.200. The minimum Gasteiger partial charge on any atom is -0.488 e. The Labute approximate surface area is 115 Å². The van der Waals surface area contributed by atoms with Crippen molar-refractivity contribution in [2.24, 2.45) is 0 Å². The molecule has 0 spiro atoms. The quantitative estimate of drug-likeness (QED) is 0.935.